The number of nitrogens with zero attached hydrogens (tertiary/aromatic N) is 3. The molecule has 10 aromatic rings. The third-order valence-corrected chi connectivity index (χ3v) is 12.7. The lowest BCUT2D eigenvalue weighted by Gasteiger charge is -2.25. The summed E-state index contributed by atoms with van der Waals surface area (Å²) in [7, 11) is 0. The zero-order valence-corrected chi connectivity index (χ0v) is 31.6. The van der Waals surface area contributed by atoms with E-state index in [0.717, 1.165) is 68.4 Å². The summed E-state index contributed by atoms with van der Waals surface area (Å²) in [6, 6.07) is 54.0. The number of nitrogens with one attached hydrogen (secondary N) is 1. The topological polar surface area (TPSA) is 54.8 Å². The Hall–Kier alpha value is -7.02. The van der Waals surface area contributed by atoms with Crippen LogP contribution in [0.15, 0.2) is 190 Å². The van der Waals surface area contributed by atoms with Gasteiger partial charge in [-0.1, -0.05) is 140 Å². The first-order valence-corrected chi connectivity index (χ1v) is 20.3. The molecule has 0 bridgehead atoms. The van der Waals surface area contributed by atoms with Crippen molar-refractivity contribution in [3.8, 4) is 16.8 Å². The molecular formula is C51H34N4OS. The highest BCUT2D eigenvalue weighted by molar-refractivity contribution is 7.26. The summed E-state index contributed by atoms with van der Waals surface area (Å²) in [4.78, 5) is 10.4. The molecule has 3 aromatic heterocycles. The molecule has 0 saturated heterocycles. The van der Waals surface area contributed by atoms with Gasteiger partial charge >= 0.3 is 0 Å². The summed E-state index contributed by atoms with van der Waals surface area (Å²) in [5.41, 5.74) is 10.6. The van der Waals surface area contributed by atoms with Crippen molar-refractivity contribution >= 4 is 86.9 Å². The maximum atomic E-state index is 7.05. The summed E-state index contributed by atoms with van der Waals surface area (Å²) in [5, 5.41) is 10.8. The number of para-hydroxylation sites is 4. The molecule has 0 fully saturated rings. The molecule has 1 N–H and O–H groups in total. The van der Waals surface area contributed by atoms with E-state index in [1.165, 1.54) is 47.7 Å². The van der Waals surface area contributed by atoms with Gasteiger partial charge in [-0.25, -0.2) is 9.98 Å². The van der Waals surface area contributed by atoms with Crippen molar-refractivity contribution in [2.75, 3.05) is 0 Å². The van der Waals surface area contributed by atoms with E-state index in [0.29, 0.717) is 5.84 Å². The molecule has 0 amide bonds. The fourth-order valence-electron chi connectivity index (χ4n) is 8.94. The highest BCUT2D eigenvalue weighted by Gasteiger charge is 2.26. The lowest BCUT2D eigenvalue weighted by Crippen LogP contribution is -2.40. The van der Waals surface area contributed by atoms with Crippen LogP contribution in [-0.2, 0) is 0 Å². The molecule has 7 aromatic carbocycles. The van der Waals surface area contributed by atoms with E-state index in [1.54, 1.807) is 0 Å². The van der Waals surface area contributed by atoms with Crippen LogP contribution in [0.25, 0.3) is 80.7 Å². The van der Waals surface area contributed by atoms with Crippen LogP contribution in [0.1, 0.15) is 24.0 Å². The number of thiophene rings is 1. The minimum atomic E-state index is -0.252. The molecule has 4 heterocycles. The quantitative estimate of drug-likeness (QED) is 0.190. The number of amidine groups is 2. The average Bonchev–Trinajstić information content (AvgIpc) is 3.97. The van der Waals surface area contributed by atoms with Gasteiger partial charge in [-0.2, -0.15) is 0 Å². The van der Waals surface area contributed by atoms with Crippen LogP contribution >= 0.6 is 11.3 Å². The number of allylic oxidation sites excluding steroid dienone is 2. The average molecular weight is 751 g/mol. The van der Waals surface area contributed by atoms with Crippen LogP contribution in [-0.4, -0.2) is 22.4 Å². The van der Waals surface area contributed by atoms with Crippen LogP contribution in [0.5, 0.6) is 0 Å². The van der Waals surface area contributed by atoms with Crippen LogP contribution in [0.2, 0.25) is 0 Å². The Morgan fingerprint density at radius 3 is 2.00 bits per heavy atom. The standard InChI is InChI=1S/C51H34N4OS/c1-3-15-31(16-4-1)49-52-50(32-17-5-2-6-18-32)54-51(53-49)40-26-12-22-36-35-21-11-23-37(46(35)56-47(36)40)38-24-13-25-39-45-43(29-14-30-44(45)57-48(38)39)55-41-27-9-7-19-33(41)34-20-8-10-28-42(34)55/h1,3-5,7-30,50H,2,6H2,(H,52,53,54). The molecule has 57 heavy (non-hydrogen) atoms. The number of aromatic nitrogens is 1. The van der Waals surface area contributed by atoms with Gasteiger partial charge in [0.2, 0.25) is 0 Å². The third-order valence-electron chi connectivity index (χ3n) is 11.5. The zero-order chi connectivity index (χ0) is 37.5. The summed E-state index contributed by atoms with van der Waals surface area (Å²) >= 11 is 1.85. The van der Waals surface area contributed by atoms with Gasteiger partial charge in [-0.15, -0.1) is 11.3 Å². The first kappa shape index (κ1) is 32.2. The molecule has 0 saturated carbocycles. The number of hydrogen-bond donors (Lipinski definition) is 1. The highest BCUT2D eigenvalue weighted by atomic mass is 32.1. The van der Waals surface area contributed by atoms with Gasteiger partial charge in [0.15, 0.2) is 5.84 Å². The molecule has 1 unspecified atom stereocenters. The molecular weight excluding hydrogens is 717 g/mol. The minimum Gasteiger partial charge on any atom is -0.455 e. The third kappa shape index (κ3) is 5.00. The Labute approximate surface area is 332 Å². The number of furan rings is 1. The van der Waals surface area contributed by atoms with Crippen molar-refractivity contribution in [3.05, 3.63) is 187 Å². The van der Waals surface area contributed by atoms with E-state index < -0.39 is 0 Å². The van der Waals surface area contributed by atoms with Crippen molar-refractivity contribution in [3.63, 3.8) is 0 Å². The molecule has 2 aliphatic rings. The first-order chi connectivity index (χ1) is 28.3. The van der Waals surface area contributed by atoms with Gasteiger partial charge in [0.25, 0.3) is 0 Å². The second-order valence-electron chi connectivity index (χ2n) is 14.8. The SMILES string of the molecule is C1=CC(C2N=C(c3cccc4c3oc3c(-c5cccc6c5sc5cccc(-n7c8ccccc8c8ccccc87)c56)cccc34)N=C(c3ccccc3)N2)=CCC1. The van der Waals surface area contributed by atoms with Crippen molar-refractivity contribution in [2.45, 2.75) is 19.0 Å². The summed E-state index contributed by atoms with van der Waals surface area (Å²) in [5.74, 6) is 1.46. The summed E-state index contributed by atoms with van der Waals surface area (Å²) in [6.45, 7) is 0. The van der Waals surface area contributed by atoms with E-state index >= 15 is 0 Å². The largest absolute Gasteiger partial charge is 0.455 e. The Kier molecular flexibility index (Phi) is 7.22. The van der Waals surface area contributed by atoms with Gasteiger partial charge < -0.3 is 14.3 Å². The molecule has 270 valence electrons. The van der Waals surface area contributed by atoms with Crippen molar-refractivity contribution < 1.29 is 4.42 Å². The van der Waals surface area contributed by atoms with Crippen LogP contribution in [0.4, 0.5) is 0 Å². The van der Waals surface area contributed by atoms with Gasteiger partial charge in [-0.05, 0) is 48.7 Å². The molecule has 0 spiro atoms. The fourth-order valence-corrected chi connectivity index (χ4v) is 10.2. The van der Waals surface area contributed by atoms with Crippen molar-refractivity contribution in [1.82, 2.24) is 9.88 Å². The highest BCUT2D eigenvalue weighted by Crippen LogP contribution is 2.46. The fraction of sp³-hybridized carbons (Fsp3) is 0.0588. The second-order valence-corrected chi connectivity index (χ2v) is 15.8. The molecule has 5 nitrogen and oxygen atoms in total. The van der Waals surface area contributed by atoms with E-state index in [1.807, 2.05) is 29.5 Å². The van der Waals surface area contributed by atoms with Gasteiger partial charge in [0.05, 0.1) is 22.3 Å². The molecule has 1 aliphatic heterocycles. The lowest BCUT2D eigenvalue weighted by molar-refractivity contribution is 0.668. The number of rotatable bonds is 5. The molecule has 12 rings (SSSR count). The van der Waals surface area contributed by atoms with Crippen LogP contribution < -0.4 is 5.32 Å². The number of hydrogen-bond acceptors (Lipinski definition) is 5. The van der Waals surface area contributed by atoms with Crippen molar-refractivity contribution in [1.29, 1.82) is 0 Å². The number of benzene rings is 7. The second kappa shape index (κ2) is 12.8. The number of fused-ring (bicyclic) bond motifs is 9. The maximum Gasteiger partial charge on any atom is 0.163 e. The van der Waals surface area contributed by atoms with E-state index in [9.17, 15) is 0 Å². The van der Waals surface area contributed by atoms with Gasteiger partial charge in [-0.3, -0.25) is 0 Å². The Morgan fingerprint density at radius 1 is 0.596 bits per heavy atom. The Balaban J connectivity index is 1.05. The normalized spacial score (nSPS) is 15.8. The lowest BCUT2D eigenvalue weighted by atomic mass is 9.99. The Bertz CT molecular complexity index is 3340. The summed E-state index contributed by atoms with van der Waals surface area (Å²) in [6.07, 6.45) is 8.49. The zero-order valence-electron chi connectivity index (χ0n) is 30.8. The molecule has 6 heteroatoms. The van der Waals surface area contributed by atoms with Gasteiger partial charge in [0.1, 0.15) is 23.2 Å². The predicted molar refractivity (Wildman–Crippen MR) is 239 cm³/mol. The van der Waals surface area contributed by atoms with Crippen LogP contribution in [0.3, 0.4) is 0 Å². The van der Waals surface area contributed by atoms with Crippen LogP contribution in [0, 0.1) is 0 Å². The minimum absolute atomic E-state index is 0.252. The van der Waals surface area contributed by atoms with Gasteiger partial charge in [0, 0.05) is 58.4 Å². The summed E-state index contributed by atoms with van der Waals surface area (Å²) < 4.78 is 12.0. The smallest absolute Gasteiger partial charge is 0.163 e. The van der Waals surface area contributed by atoms with E-state index in [2.05, 4.69) is 162 Å². The van der Waals surface area contributed by atoms with E-state index in [-0.39, 0.29) is 6.17 Å². The first-order valence-electron chi connectivity index (χ1n) is 19.5. The monoisotopic (exact) mass is 750 g/mol. The molecule has 1 aliphatic carbocycles. The molecule has 0 radical (unpaired) electrons. The predicted octanol–water partition coefficient (Wildman–Crippen LogP) is 13.1. The van der Waals surface area contributed by atoms with E-state index in [4.69, 9.17) is 14.4 Å². The Morgan fingerprint density at radius 2 is 1.25 bits per heavy atom. The molecule has 1 atom stereocenters. The number of aliphatic imine (C=N–C) groups is 2. The van der Waals surface area contributed by atoms with Crippen molar-refractivity contribution in [2.24, 2.45) is 9.98 Å². The maximum absolute atomic E-state index is 7.05.